The minimum atomic E-state index is -1.18. The van der Waals surface area contributed by atoms with Gasteiger partial charge < -0.3 is 15.0 Å². The topological polar surface area (TPSA) is 41.6 Å². The predicted octanol–water partition coefficient (Wildman–Crippen LogP) is 2.65. The third kappa shape index (κ3) is 3.91. The summed E-state index contributed by atoms with van der Waals surface area (Å²) in [7, 11) is 1.13. The van der Waals surface area contributed by atoms with E-state index in [1.54, 1.807) is 0 Å². The number of halogens is 2. The maximum atomic E-state index is 13.9. The quantitative estimate of drug-likeness (QED) is 0.849. The number of rotatable bonds is 5. The Kier molecular flexibility index (Phi) is 5.50. The highest BCUT2D eigenvalue weighted by Gasteiger charge is 2.19. The van der Waals surface area contributed by atoms with E-state index in [-0.39, 0.29) is 5.69 Å². The van der Waals surface area contributed by atoms with E-state index in [0.717, 1.165) is 26.7 Å². The number of anilines is 1. The largest absolute Gasteiger partial charge is 0.465 e. The molecular weight excluding hydrogens is 278 g/mol. The molecule has 1 fully saturated rings. The SMILES string of the molecule is COC(=O)c1ccc(NCCN2CCCCC2)c(F)c1F. The van der Waals surface area contributed by atoms with Crippen LogP contribution in [-0.4, -0.2) is 44.2 Å². The summed E-state index contributed by atoms with van der Waals surface area (Å²) in [6, 6.07) is 2.59. The molecule has 2 rings (SSSR count). The molecule has 1 N–H and O–H groups in total. The van der Waals surface area contributed by atoms with Crippen molar-refractivity contribution in [3.63, 3.8) is 0 Å². The molecule has 1 aliphatic heterocycles. The van der Waals surface area contributed by atoms with Gasteiger partial charge in [0.25, 0.3) is 0 Å². The first-order valence-electron chi connectivity index (χ1n) is 7.16. The number of methoxy groups -OCH3 is 1. The van der Waals surface area contributed by atoms with Crippen LogP contribution in [0.2, 0.25) is 0 Å². The summed E-state index contributed by atoms with van der Waals surface area (Å²) >= 11 is 0. The lowest BCUT2D eigenvalue weighted by atomic mass is 10.1. The van der Waals surface area contributed by atoms with Crippen LogP contribution in [0.4, 0.5) is 14.5 Å². The summed E-state index contributed by atoms with van der Waals surface area (Å²) < 4.78 is 32.0. The highest BCUT2D eigenvalue weighted by Crippen LogP contribution is 2.21. The van der Waals surface area contributed by atoms with Gasteiger partial charge in [-0.3, -0.25) is 0 Å². The van der Waals surface area contributed by atoms with Gasteiger partial charge in [-0.2, -0.15) is 0 Å². The molecule has 0 atom stereocenters. The van der Waals surface area contributed by atoms with Crippen molar-refractivity contribution in [1.29, 1.82) is 0 Å². The molecule has 6 heteroatoms. The summed E-state index contributed by atoms with van der Waals surface area (Å²) in [5.74, 6) is -3.10. The zero-order chi connectivity index (χ0) is 15.2. The minimum Gasteiger partial charge on any atom is -0.465 e. The van der Waals surface area contributed by atoms with E-state index >= 15 is 0 Å². The maximum absolute atomic E-state index is 13.9. The Morgan fingerprint density at radius 2 is 1.95 bits per heavy atom. The molecule has 1 aliphatic rings. The van der Waals surface area contributed by atoms with E-state index in [1.807, 2.05) is 0 Å². The van der Waals surface area contributed by atoms with E-state index < -0.39 is 23.2 Å². The lowest BCUT2D eigenvalue weighted by Gasteiger charge is -2.26. The van der Waals surface area contributed by atoms with Crippen molar-refractivity contribution in [2.75, 3.05) is 38.6 Å². The van der Waals surface area contributed by atoms with Crippen molar-refractivity contribution in [3.05, 3.63) is 29.3 Å². The van der Waals surface area contributed by atoms with Gasteiger partial charge in [-0.25, -0.2) is 13.6 Å². The number of benzene rings is 1. The van der Waals surface area contributed by atoms with Crippen LogP contribution < -0.4 is 5.32 Å². The normalized spacial score (nSPS) is 15.8. The van der Waals surface area contributed by atoms with E-state index in [1.165, 1.54) is 31.4 Å². The molecule has 0 amide bonds. The van der Waals surface area contributed by atoms with Crippen molar-refractivity contribution in [2.24, 2.45) is 0 Å². The van der Waals surface area contributed by atoms with Crippen LogP contribution in [0.5, 0.6) is 0 Å². The van der Waals surface area contributed by atoms with Crippen LogP contribution >= 0.6 is 0 Å². The second-order valence-corrected chi connectivity index (χ2v) is 5.11. The van der Waals surface area contributed by atoms with Gasteiger partial charge in [-0.05, 0) is 38.1 Å². The Bertz CT molecular complexity index is 503. The molecule has 0 bridgehead atoms. The molecule has 1 aromatic rings. The van der Waals surface area contributed by atoms with E-state index in [0.29, 0.717) is 6.54 Å². The number of ether oxygens (including phenoxy) is 1. The van der Waals surface area contributed by atoms with Gasteiger partial charge in [0.15, 0.2) is 11.6 Å². The molecule has 4 nitrogen and oxygen atoms in total. The summed E-state index contributed by atoms with van der Waals surface area (Å²) in [5.41, 5.74) is -0.325. The molecule has 1 saturated heterocycles. The Balaban J connectivity index is 1.94. The summed E-state index contributed by atoms with van der Waals surface area (Å²) in [6.45, 7) is 3.44. The molecule has 1 aromatic carbocycles. The number of piperidine rings is 1. The first-order chi connectivity index (χ1) is 10.1. The Morgan fingerprint density at radius 3 is 2.62 bits per heavy atom. The first-order valence-corrected chi connectivity index (χ1v) is 7.16. The van der Waals surface area contributed by atoms with Crippen molar-refractivity contribution >= 4 is 11.7 Å². The molecule has 1 heterocycles. The van der Waals surface area contributed by atoms with Crippen molar-refractivity contribution in [1.82, 2.24) is 4.90 Å². The number of likely N-dealkylation sites (tertiary alicyclic amines) is 1. The number of nitrogens with zero attached hydrogens (tertiary/aromatic N) is 1. The molecule has 116 valence electrons. The highest BCUT2D eigenvalue weighted by atomic mass is 19.2. The Morgan fingerprint density at radius 1 is 1.24 bits per heavy atom. The standard InChI is InChI=1S/C15H20F2N2O2/c1-21-15(20)11-5-6-12(14(17)13(11)16)18-7-10-19-8-3-2-4-9-19/h5-6,18H,2-4,7-10H2,1H3. The molecule has 0 saturated carbocycles. The molecule has 0 aromatic heterocycles. The summed E-state index contributed by atoms with van der Waals surface area (Å²) in [4.78, 5) is 13.6. The zero-order valence-electron chi connectivity index (χ0n) is 12.1. The molecule has 0 unspecified atom stereocenters. The van der Waals surface area contributed by atoms with Crippen molar-refractivity contribution in [3.8, 4) is 0 Å². The molecule has 21 heavy (non-hydrogen) atoms. The predicted molar refractivity (Wildman–Crippen MR) is 76.5 cm³/mol. The fourth-order valence-electron chi connectivity index (χ4n) is 2.49. The van der Waals surface area contributed by atoms with Crippen LogP contribution in [0.3, 0.4) is 0 Å². The minimum absolute atomic E-state index is 0.0668. The monoisotopic (exact) mass is 298 g/mol. The molecule has 0 aliphatic carbocycles. The smallest absolute Gasteiger partial charge is 0.340 e. The van der Waals surface area contributed by atoms with Crippen LogP contribution in [0.25, 0.3) is 0 Å². The van der Waals surface area contributed by atoms with Gasteiger partial charge in [0.05, 0.1) is 18.4 Å². The lowest BCUT2D eigenvalue weighted by Crippen LogP contribution is -2.33. The Labute approximate surface area is 123 Å². The number of carbonyl (C=O) groups is 1. The Hall–Kier alpha value is -1.69. The van der Waals surface area contributed by atoms with Crippen LogP contribution in [0, 0.1) is 11.6 Å². The second-order valence-electron chi connectivity index (χ2n) is 5.11. The van der Waals surface area contributed by atoms with E-state index in [4.69, 9.17) is 0 Å². The van der Waals surface area contributed by atoms with Crippen molar-refractivity contribution < 1.29 is 18.3 Å². The van der Waals surface area contributed by atoms with Gasteiger partial charge in [0.1, 0.15) is 0 Å². The summed E-state index contributed by atoms with van der Waals surface area (Å²) in [5, 5.41) is 2.88. The van der Waals surface area contributed by atoms with E-state index in [9.17, 15) is 13.6 Å². The maximum Gasteiger partial charge on any atom is 0.340 e. The van der Waals surface area contributed by atoms with Gasteiger partial charge >= 0.3 is 5.97 Å². The lowest BCUT2D eigenvalue weighted by molar-refractivity contribution is 0.0594. The van der Waals surface area contributed by atoms with Gasteiger partial charge in [-0.1, -0.05) is 6.42 Å². The fourth-order valence-corrected chi connectivity index (χ4v) is 2.49. The average molecular weight is 298 g/mol. The van der Waals surface area contributed by atoms with Gasteiger partial charge in [0, 0.05) is 13.1 Å². The molecule has 0 radical (unpaired) electrons. The molecular formula is C15H20F2N2O2. The van der Waals surface area contributed by atoms with Crippen LogP contribution in [0.1, 0.15) is 29.6 Å². The average Bonchev–Trinajstić information content (AvgIpc) is 2.52. The highest BCUT2D eigenvalue weighted by molar-refractivity contribution is 5.90. The summed E-state index contributed by atoms with van der Waals surface area (Å²) in [6.07, 6.45) is 3.65. The van der Waals surface area contributed by atoms with E-state index in [2.05, 4.69) is 15.0 Å². The number of carbonyl (C=O) groups excluding carboxylic acids is 1. The number of hydrogen-bond acceptors (Lipinski definition) is 4. The zero-order valence-corrected chi connectivity index (χ0v) is 12.1. The number of hydrogen-bond donors (Lipinski definition) is 1. The van der Waals surface area contributed by atoms with Crippen molar-refractivity contribution in [2.45, 2.75) is 19.3 Å². The van der Waals surface area contributed by atoms with Crippen LogP contribution in [-0.2, 0) is 4.74 Å². The fraction of sp³-hybridized carbons (Fsp3) is 0.533. The number of esters is 1. The van der Waals surface area contributed by atoms with Crippen LogP contribution in [0.15, 0.2) is 12.1 Å². The first kappa shape index (κ1) is 15.7. The third-order valence-corrected chi connectivity index (χ3v) is 3.68. The number of nitrogens with one attached hydrogen (secondary N) is 1. The molecule has 0 spiro atoms. The third-order valence-electron chi connectivity index (χ3n) is 3.68. The van der Waals surface area contributed by atoms with Gasteiger partial charge in [0.2, 0.25) is 0 Å². The second kappa shape index (κ2) is 7.36. The van der Waals surface area contributed by atoms with Gasteiger partial charge in [-0.15, -0.1) is 0 Å².